The fourth-order valence-electron chi connectivity index (χ4n) is 1.87. The molecule has 0 saturated heterocycles. The Hall–Kier alpha value is -2.91. The van der Waals surface area contributed by atoms with Crippen LogP contribution in [0.3, 0.4) is 0 Å². The summed E-state index contributed by atoms with van der Waals surface area (Å²) in [6, 6.07) is 15.1. The molecule has 0 aromatic heterocycles. The zero-order valence-electron chi connectivity index (χ0n) is 13.9. The van der Waals surface area contributed by atoms with E-state index in [1.54, 1.807) is 19.2 Å². The molecule has 0 aliphatic rings. The van der Waals surface area contributed by atoms with Crippen LogP contribution in [0.25, 0.3) is 6.08 Å². The van der Waals surface area contributed by atoms with Crippen molar-refractivity contribution in [3.05, 3.63) is 71.1 Å². The quantitative estimate of drug-likeness (QED) is 0.459. The van der Waals surface area contributed by atoms with E-state index in [1.807, 2.05) is 18.2 Å². The molecule has 7 nitrogen and oxygen atoms in total. The highest BCUT2D eigenvalue weighted by Gasteiger charge is 2.08. The van der Waals surface area contributed by atoms with Crippen LogP contribution in [0.5, 0.6) is 0 Å². The fraction of sp³-hybridized carbons (Fsp3) is 0.0588. The van der Waals surface area contributed by atoms with Gasteiger partial charge in [-0.1, -0.05) is 30.3 Å². The third-order valence-electron chi connectivity index (χ3n) is 3.16. The van der Waals surface area contributed by atoms with Gasteiger partial charge >= 0.3 is 0 Å². The van der Waals surface area contributed by atoms with Crippen LogP contribution in [0, 0.1) is 0 Å². The standard InChI is InChI=1S/C17H18N4O3S2/c1-18-17(25)20-19-16(22)14-7-9-15(10-8-14)21-26(23,24)12-11-13-5-3-2-4-6-13/h2-12,21H,1H3,(H,19,22)(H2,18,20,25). The zero-order chi connectivity index (χ0) is 19.0. The maximum Gasteiger partial charge on any atom is 0.269 e. The van der Waals surface area contributed by atoms with Crippen molar-refractivity contribution in [3.63, 3.8) is 0 Å². The van der Waals surface area contributed by atoms with Crippen LogP contribution in [0.2, 0.25) is 0 Å². The number of hydrogen-bond acceptors (Lipinski definition) is 4. The van der Waals surface area contributed by atoms with Gasteiger partial charge in [-0.2, -0.15) is 0 Å². The molecule has 0 aliphatic carbocycles. The number of hydrogen-bond donors (Lipinski definition) is 4. The Balaban J connectivity index is 1.98. The molecule has 136 valence electrons. The highest BCUT2D eigenvalue weighted by Crippen LogP contribution is 2.13. The van der Waals surface area contributed by atoms with E-state index in [9.17, 15) is 13.2 Å². The van der Waals surface area contributed by atoms with E-state index in [1.165, 1.54) is 30.3 Å². The first-order valence-corrected chi connectivity index (χ1v) is 9.49. The molecule has 0 radical (unpaired) electrons. The molecule has 0 unspecified atom stereocenters. The third kappa shape index (κ3) is 6.19. The Labute approximate surface area is 157 Å². The third-order valence-corrected chi connectivity index (χ3v) is 4.48. The van der Waals surface area contributed by atoms with E-state index < -0.39 is 15.9 Å². The summed E-state index contributed by atoms with van der Waals surface area (Å²) < 4.78 is 26.6. The molecule has 2 aromatic carbocycles. The van der Waals surface area contributed by atoms with Crippen molar-refractivity contribution < 1.29 is 13.2 Å². The Morgan fingerprint density at radius 2 is 1.65 bits per heavy atom. The van der Waals surface area contributed by atoms with Gasteiger partial charge in [-0.05, 0) is 48.1 Å². The lowest BCUT2D eigenvalue weighted by molar-refractivity contribution is 0.0944. The van der Waals surface area contributed by atoms with E-state index in [0.29, 0.717) is 11.3 Å². The summed E-state index contributed by atoms with van der Waals surface area (Å²) in [6.07, 6.45) is 1.50. The molecule has 4 N–H and O–H groups in total. The zero-order valence-corrected chi connectivity index (χ0v) is 15.5. The monoisotopic (exact) mass is 390 g/mol. The van der Waals surface area contributed by atoms with Crippen molar-refractivity contribution in [1.29, 1.82) is 0 Å². The molecule has 0 aliphatic heterocycles. The second-order valence-electron chi connectivity index (χ2n) is 5.10. The van der Waals surface area contributed by atoms with Crippen LogP contribution in [0.15, 0.2) is 60.0 Å². The van der Waals surface area contributed by atoms with Gasteiger partial charge < -0.3 is 5.32 Å². The van der Waals surface area contributed by atoms with Crippen molar-refractivity contribution in [2.75, 3.05) is 11.8 Å². The van der Waals surface area contributed by atoms with Gasteiger partial charge in [0.05, 0.1) is 5.41 Å². The van der Waals surface area contributed by atoms with Crippen LogP contribution in [0.4, 0.5) is 5.69 Å². The van der Waals surface area contributed by atoms with Gasteiger partial charge in [0.15, 0.2) is 5.11 Å². The number of carbonyl (C=O) groups is 1. The molecule has 0 saturated carbocycles. The van der Waals surface area contributed by atoms with Crippen LogP contribution >= 0.6 is 12.2 Å². The van der Waals surface area contributed by atoms with Crippen LogP contribution < -0.4 is 20.9 Å². The number of hydrazine groups is 1. The number of anilines is 1. The SMILES string of the molecule is CNC(=S)NNC(=O)c1ccc(NS(=O)(=O)C=Cc2ccccc2)cc1. The molecule has 1 amide bonds. The molecule has 2 rings (SSSR count). The lowest BCUT2D eigenvalue weighted by Crippen LogP contribution is -2.45. The molecule has 0 bridgehead atoms. The smallest absolute Gasteiger partial charge is 0.269 e. The van der Waals surface area contributed by atoms with Crippen LogP contribution in [0.1, 0.15) is 15.9 Å². The summed E-state index contributed by atoms with van der Waals surface area (Å²) in [5, 5.41) is 4.01. The number of sulfonamides is 1. The first kappa shape index (κ1) is 19.4. The first-order chi connectivity index (χ1) is 12.4. The summed E-state index contributed by atoms with van der Waals surface area (Å²) >= 11 is 4.84. The normalized spacial score (nSPS) is 11.0. The Morgan fingerprint density at radius 3 is 2.27 bits per heavy atom. The molecule has 2 aromatic rings. The van der Waals surface area contributed by atoms with Gasteiger partial charge in [-0.3, -0.25) is 20.4 Å². The van der Waals surface area contributed by atoms with Gasteiger partial charge in [0.2, 0.25) is 0 Å². The van der Waals surface area contributed by atoms with Gasteiger partial charge in [0.25, 0.3) is 15.9 Å². The van der Waals surface area contributed by atoms with Gasteiger partial charge in [-0.15, -0.1) is 0 Å². The highest BCUT2D eigenvalue weighted by atomic mass is 32.2. The molecule has 9 heteroatoms. The summed E-state index contributed by atoms with van der Waals surface area (Å²) in [5.41, 5.74) is 6.40. The predicted molar refractivity (Wildman–Crippen MR) is 107 cm³/mol. The molecule has 0 atom stereocenters. The number of benzene rings is 2. The van der Waals surface area contributed by atoms with Crippen LogP contribution in [-0.4, -0.2) is 26.5 Å². The van der Waals surface area contributed by atoms with Gasteiger partial charge in [0.1, 0.15) is 0 Å². The van der Waals surface area contributed by atoms with E-state index in [-0.39, 0.29) is 5.11 Å². The molecule has 0 fully saturated rings. The maximum atomic E-state index is 12.1. The van der Waals surface area contributed by atoms with Gasteiger partial charge in [-0.25, -0.2) is 8.42 Å². The number of thiocarbonyl (C=S) groups is 1. The summed E-state index contributed by atoms with van der Waals surface area (Å²) in [5.74, 6) is -0.402. The van der Waals surface area contributed by atoms with E-state index in [2.05, 4.69) is 20.9 Å². The number of rotatable bonds is 5. The predicted octanol–water partition coefficient (Wildman–Crippen LogP) is 1.84. The minimum Gasteiger partial charge on any atom is -0.364 e. The fourth-order valence-corrected chi connectivity index (χ4v) is 2.79. The minimum absolute atomic E-state index is 0.271. The maximum absolute atomic E-state index is 12.1. The van der Waals surface area contributed by atoms with Crippen LogP contribution in [-0.2, 0) is 10.0 Å². The van der Waals surface area contributed by atoms with Crippen molar-refractivity contribution in [2.24, 2.45) is 0 Å². The van der Waals surface area contributed by atoms with Crippen molar-refractivity contribution in [3.8, 4) is 0 Å². The lowest BCUT2D eigenvalue weighted by Gasteiger charge is -2.09. The largest absolute Gasteiger partial charge is 0.364 e. The second-order valence-corrected chi connectivity index (χ2v) is 7.07. The molecular formula is C17H18N4O3S2. The first-order valence-electron chi connectivity index (χ1n) is 7.54. The topological polar surface area (TPSA) is 99.3 Å². The summed E-state index contributed by atoms with van der Waals surface area (Å²) in [7, 11) is -2.04. The second kappa shape index (κ2) is 8.97. The van der Waals surface area contributed by atoms with E-state index >= 15 is 0 Å². The summed E-state index contributed by atoms with van der Waals surface area (Å²) in [4.78, 5) is 11.9. The average Bonchev–Trinajstić information content (AvgIpc) is 2.65. The number of amides is 1. The number of carbonyl (C=O) groups excluding carboxylic acids is 1. The highest BCUT2D eigenvalue weighted by molar-refractivity contribution is 7.95. The average molecular weight is 390 g/mol. The van der Waals surface area contributed by atoms with Crippen molar-refractivity contribution in [2.45, 2.75) is 0 Å². The van der Waals surface area contributed by atoms with Crippen molar-refractivity contribution >= 4 is 45.0 Å². The van der Waals surface area contributed by atoms with Gasteiger partial charge in [0, 0.05) is 18.3 Å². The van der Waals surface area contributed by atoms with E-state index in [0.717, 1.165) is 11.0 Å². The van der Waals surface area contributed by atoms with Crippen molar-refractivity contribution in [1.82, 2.24) is 16.2 Å². The molecule has 26 heavy (non-hydrogen) atoms. The van der Waals surface area contributed by atoms with E-state index in [4.69, 9.17) is 12.2 Å². The molecule has 0 heterocycles. The molecule has 0 spiro atoms. The molecular weight excluding hydrogens is 372 g/mol. The lowest BCUT2D eigenvalue weighted by atomic mass is 10.2. The summed E-state index contributed by atoms with van der Waals surface area (Å²) in [6.45, 7) is 0. The Bertz CT molecular complexity index is 895. The number of nitrogens with one attached hydrogen (secondary N) is 4. The Morgan fingerprint density at radius 1 is 1.00 bits per heavy atom. The minimum atomic E-state index is -3.66. The Kier molecular flexibility index (Phi) is 6.70.